The van der Waals surface area contributed by atoms with Crippen molar-refractivity contribution in [2.45, 2.75) is 30.6 Å². The number of sulfonamides is 1. The molecule has 9 heteroatoms. The molecule has 0 spiro atoms. The highest BCUT2D eigenvalue weighted by molar-refractivity contribution is 7.89. The molecular weight excluding hydrogens is 380 g/mol. The Hall–Kier alpha value is -2.96. The minimum atomic E-state index is -3.78. The van der Waals surface area contributed by atoms with Gasteiger partial charge in [-0.25, -0.2) is 8.42 Å². The zero-order chi connectivity index (χ0) is 20.1. The molecule has 0 bridgehead atoms. The summed E-state index contributed by atoms with van der Waals surface area (Å²) < 4.78 is 27.2. The quantitative estimate of drug-likeness (QED) is 0.603. The van der Waals surface area contributed by atoms with Gasteiger partial charge in [0.25, 0.3) is 5.69 Å². The maximum absolute atomic E-state index is 12.9. The summed E-state index contributed by atoms with van der Waals surface area (Å²) in [6, 6.07) is 12.4. The number of anilines is 2. The fourth-order valence-electron chi connectivity index (χ4n) is 3.18. The molecule has 0 aliphatic carbocycles. The van der Waals surface area contributed by atoms with Gasteiger partial charge in [0, 0.05) is 24.8 Å². The first-order valence-electron chi connectivity index (χ1n) is 8.97. The van der Waals surface area contributed by atoms with Crippen molar-refractivity contribution in [1.82, 2.24) is 4.31 Å². The lowest BCUT2D eigenvalue weighted by Crippen LogP contribution is -2.32. The van der Waals surface area contributed by atoms with Crippen LogP contribution >= 0.6 is 0 Å². The van der Waals surface area contributed by atoms with Crippen LogP contribution in [0.15, 0.2) is 47.4 Å². The van der Waals surface area contributed by atoms with Gasteiger partial charge in [-0.05, 0) is 43.2 Å². The van der Waals surface area contributed by atoms with Crippen molar-refractivity contribution >= 4 is 27.1 Å². The number of nitriles is 1. The van der Waals surface area contributed by atoms with Gasteiger partial charge in [0.15, 0.2) is 0 Å². The van der Waals surface area contributed by atoms with Gasteiger partial charge in [-0.3, -0.25) is 10.1 Å². The van der Waals surface area contributed by atoms with Crippen LogP contribution in [-0.4, -0.2) is 30.7 Å². The van der Waals surface area contributed by atoms with Crippen LogP contribution in [0.3, 0.4) is 0 Å². The Balaban J connectivity index is 1.94. The molecule has 0 aromatic heterocycles. The second-order valence-electron chi connectivity index (χ2n) is 6.57. The summed E-state index contributed by atoms with van der Waals surface area (Å²) >= 11 is 0. The molecule has 2 aromatic carbocycles. The van der Waals surface area contributed by atoms with Gasteiger partial charge in [0.2, 0.25) is 10.0 Å². The van der Waals surface area contributed by atoms with E-state index in [2.05, 4.69) is 5.32 Å². The third kappa shape index (κ3) is 4.30. The molecule has 28 heavy (non-hydrogen) atoms. The lowest BCUT2D eigenvalue weighted by atomic mass is 10.2. The second-order valence-corrected chi connectivity index (χ2v) is 8.51. The van der Waals surface area contributed by atoms with E-state index in [1.54, 1.807) is 24.3 Å². The number of benzene rings is 2. The Labute approximate surface area is 163 Å². The number of nitrogens with zero attached hydrogens (tertiary/aromatic N) is 3. The van der Waals surface area contributed by atoms with Crippen LogP contribution in [0.2, 0.25) is 0 Å². The van der Waals surface area contributed by atoms with Gasteiger partial charge < -0.3 is 5.32 Å². The van der Waals surface area contributed by atoms with E-state index >= 15 is 0 Å². The number of rotatable bonds is 5. The SMILES string of the molecule is N#Cc1cccc(Nc2ccc(S(=O)(=O)N3CCCCCC3)cc2[N+](=O)[O-])c1. The molecule has 1 N–H and O–H groups in total. The van der Waals surface area contributed by atoms with E-state index in [1.807, 2.05) is 6.07 Å². The van der Waals surface area contributed by atoms with Gasteiger partial charge in [-0.2, -0.15) is 9.57 Å². The standard InChI is InChI=1S/C19H20N4O4S/c20-14-15-6-5-7-16(12-15)21-18-9-8-17(13-19(18)23(24)25)28(26,27)22-10-3-1-2-4-11-22/h5-9,12-13,21H,1-4,10-11H2. The normalized spacial score (nSPS) is 15.4. The summed E-state index contributed by atoms with van der Waals surface area (Å²) in [5.41, 5.74) is 0.742. The highest BCUT2D eigenvalue weighted by atomic mass is 32.2. The fourth-order valence-corrected chi connectivity index (χ4v) is 4.72. The average Bonchev–Trinajstić information content (AvgIpc) is 2.98. The largest absolute Gasteiger partial charge is 0.350 e. The monoisotopic (exact) mass is 400 g/mol. The van der Waals surface area contributed by atoms with E-state index in [-0.39, 0.29) is 16.3 Å². The molecule has 0 atom stereocenters. The summed E-state index contributed by atoms with van der Waals surface area (Å²) in [7, 11) is -3.78. The molecule has 1 aliphatic heterocycles. The van der Waals surface area contributed by atoms with Gasteiger partial charge in [0.05, 0.1) is 21.5 Å². The van der Waals surface area contributed by atoms with Crippen LogP contribution in [0.5, 0.6) is 0 Å². The molecule has 2 aromatic rings. The van der Waals surface area contributed by atoms with Crippen LogP contribution in [0.1, 0.15) is 31.2 Å². The minimum Gasteiger partial charge on any atom is -0.350 e. The molecule has 1 aliphatic rings. The summed E-state index contributed by atoms with van der Waals surface area (Å²) in [4.78, 5) is 10.9. The Morgan fingerprint density at radius 1 is 1.07 bits per heavy atom. The smallest absolute Gasteiger partial charge is 0.294 e. The fraction of sp³-hybridized carbons (Fsp3) is 0.316. The lowest BCUT2D eigenvalue weighted by molar-refractivity contribution is -0.384. The molecule has 8 nitrogen and oxygen atoms in total. The van der Waals surface area contributed by atoms with Crippen LogP contribution in [-0.2, 0) is 10.0 Å². The second kappa shape index (κ2) is 8.37. The third-order valence-electron chi connectivity index (χ3n) is 4.64. The molecule has 146 valence electrons. The number of nitro benzene ring substituents is 1. The molecule has 0 saturated carbocycles. The zero-order valence-electron chi connectivity index (χ0n) is 15.2. The van der Waals surface area contributed by atoms with Crippen molar-refractivity contribution in [2.24, 2.45) is 0 Å². The first-order valence-corrected chi connectivity index (χ1v) is 10.4. The first kappa shape index (κ1) is 19.8. The predicted octanol–water partition coefficient (Wildman–Crippen LogP) is 3.77. The van der Waals surface area contributed by atoms with Crippen LogP contribution in [0, 0.1) is 21.4 Å². The Morgan fingerprint density at radius 3 is 2.43 bits per heavy atom. The summed E-state index contributed by atoms with van der Waals surface area (Å²) in [6.45, 7) is 0.855. The predicted molar refractivity (Wildman–Crippen MR) is 105 cm³/mol. The molecule has 3 rings (SSSR count). The molecule has 0 unspecified atom stereocenters. The topological polar surface area (TPSA) is 116 Å². The number of nitrogens with one attached hydrogen (secondary N) is 1. The Morgan fingerprint density at radius 2 is 1.79 bits per heavy atom. The van der Waals surface area contributed by atoms with E-state index in [0.717, 1.165) is 31.7 Å². The van der Waals surface area contributed by atoms with Crippen molar-refractivity contribution < 1.29 is 13.3 Å². The summed E-state index contributed by atoms with van der Waals surface area (Å²) in [6.07, 6.45) is 3.54. The molecule has 1 heterocycles. The number of hydrogen-bond acceptors (Lipinski definition) is 6. The van der Waals surface area contributed by atoms with E-state index < -0.39 is 14.9 Å². The molecular formula is C19H20N4O4S. The molecule has 0 radical (unpaired) electrons. The Bertz CT molecular complexity index is 1020. The highest BCUT2D eigenvalue weighted by Gasteiger charge is 2.28. The van der Waals surface area contributed by atoms with Crippen molar-refractivity contribution in [3.63, 3.8) is 0 Å². The third-order valence-corrected chi connectivity index (χ3v) is 6.53. The van der Waals surface area contributed by atoms with E-state index in [9.17, 15) is 18.5 Å². The van der Waals surface area contributed by atoms with Crippen molar-refractivity contribution in [2.75, 3.05) is 18.4 Å². The summed E-state index contributed by atoms with van der Waals surface area (Å²) in [5, 5.41) is 23.4. The minimum absolute atomic E-state index is 0.0857. The first-order chi connectivity index (χ1) is 13.4. The van der Waals surface area contributed by atoms with Gasteiger partial charge in [0.1, 0.15) is 5.69 Å². The van der Waals surface area contributed by atoms with Gasteiger partial charge in [-0.15, -0.1) is 0 Å². The Kier molecular flexibility index (Phi) is 5.92. The molecule has 1 saturated heterocycles. The van der Waals surface area contributed by atoms with E-state index in [1.165, 1.54) is 16.4 Å². The van der Waals surface area contributed by atoms with Crippen molar-refractivity contribution in [3.05, 3.63) is 58.1 Å². The van der Waals surface area contributed by atoms with Gasteiger partial charge in [-0.1, -0.05) is 18.9 Å². The van der Waals surface area contributed by atoms with Crippen molar-refractivity contribution in [3.8, 4) is 6.07 Å². The molecule has 0 amide bonds. The molecule has 1 fully saturated rings. The van der Waals surface area contributed by atoms with E-state index in [0.29, 0.717) is 24.3 Å². The number of nitro groups is 1. The maximum atomic E-state index is 12.9. The van der Waals surface area contributed by atoms with E-state index in [4.69, 9.17) is 5.26 Å². The zero-order valence-corrected chi connectivity index (χ0v) is 16.0. The van der Waals surface area contributed by atoms with Gasteiger partial charge >= 0.3 is 0 Å². The lowest BCUT2D eigenvalue weighted by Gasteiger charge is -2.20. The number of hydrogen-bond donors (Lipinski definition) is 1. The summed E-state index contributed by atoms with van der Waals surface area (Å²) in [5.74, 6) is 0. The van der Waals surface area contributed by atoms with Crippen LogP contribution in [0.4, 0.5) is 17.1 Å². The highest BCUT2D eigenvalue weighted by Crippen LogP contribution is 2.32. The average molecular weight is 400 g/mol. The van der Waals surface area contributed by atoms with Crippen molar-refractivity contribution in [1.29, 1.82) is 5.26 Å². The maximum Gasteiger partial charge on any atom is 0.294 e. The van der Waals surface area contributed by atoms with Crippen LogP contribution < -0.4 is 5.32 Å². The van der Waals surface area contributed by atoms with Crippen LogP contribution in [0.25, 0.3) is 0 Å².